The van der Waals surface area contributed by atoms with Gasteiger partial charge in [-0.2, -0.15) is 0 Å². The van der Waals surface area contributed by atoms with Crippen molar-refractivity contribution >= 4 is 21.7 Å². The maximum absolute atomic E-state index is 9.46. The van der Waals surface area contributed by atoms with Gasteiger partial charge in [-0.15, -0.1) is 0 Å². The Morgan fingerprint density at radius 3 is 2.73 bits per heavy atom. The number of nitrogens with zero attached hydrogens (tertiary/aromatic N) is 1. The van der Waals surface area contributed by atoms with Crippen LogP contribution in [0.15, 0.2) is 48.7 Å². The Bertz CT molecular complexity index is 646. The summed E-state index contributed by atoms with van der Waals surface area (Å²) in [5.41, 5.74) is 0.909. The highest BCUT2D eigenvalue weighted by Gasteiger charge is 2.01. The summed E-state index contributed by atoms with van der Waals surface area (Å²) >= 11 is 0. The van der Waals surface area contributed by atoms with Crippen LogP contribution in [0.25, 0.3) is 21.7 Å². The summed E-state index contributed by atoms with van der Waals surface area (Å²) in [7, 11) is 0. The zero-order chi connectivity index (χ0) is 10.3. The molecule has 0 spiro atoms. The molecule has 0 saturated heterocycles. The first-order chi connectivity index (χ1) is 7.34. The molecule has 0 unspecified atom stereocenters. The molecule has 2 heteroatoms. The molecule has 0 aliphatic heterocycles. The number of benzene rings is 2. The molecule has 0 radical (unpaired) electrons. The average Bonchev–Trinajstić information content (AvgIpc) is 2.29. The van der Waals surface area contributed by atoms with Crippen molar-refractivity contribution in [2.45, 2.75) is 0 Å². The van der Waals surface area contributed by atoms with Crippen molar-refractivity contribution in [3.8, 4) is 5.75 Å². The topological polar surface area (TPSA) is 33.1 Å². The Hall–Kier alpha value is -2.09. The third-order valence-corrected chi connectivity index (χ3v) is 2.57. The molecular weight excluding hydrogens is 186 g/mol. The number of aromatic hydroxyl groups is 1. The molecule has 1 heterocycles. The maximum atomic E-state index is 9.46. The third kappa shape index (κ3) is 1.22. The molecule has 2 aromatic carbocycles. The van der Waals surface area contributed by atoms with Crippen LogP contribution >= 0.6 is 0 Å². The SMILES string of the molecule is Oc1ccc2ncc3ccccc3c2c1. The third-order valence-electron chi connectivity index (χ3n) is 2.57. The number of phenolic OH excluding ortho intramolecular Hbond substituents is 1. The zero-order valence-corrected chi connectivity index (χ0v) is 8.01. The first-order valence-electron chi connectivity index (χ1n) is 4.81. The van der Waals surface area contributed by atoms with Crippen molar-refractivity contribution in [3.05, 3.63) is 48.7 Å². The van der Waals surface area contributed by atoms with Gasteiger partial charge < -0.3 is 5.11 Å². The van der Waals surface area contributed by atoms with Gasteiger partial charge in [0.2, 0.25) is 0 Å². The van der Waals surface area contributed by atoms with Crippen LogP contribution in [0, 0.1) is 0 Å². The van der Waals surface area contributed by atoms with Gasteiger partial charge in [0, 0.05) is 17.0 Å². The van der Waals surface area contributed by atoms with E-state index in [1.54, 1.807) is 12.1 Å². The number of rotatable bonds is 0. The van der Waals surface area contributed by atoms with Crippen LogP contribution in [0.2, 0.25) is 0 Å². The van der Waals surface area contributed by atoms with Crippen LogP contribution in [-0.2, 0) is 0 Å². The first-order valence-corrected chi connectivity index (χ1v) is 4.81. The number of pyridine rings is 1. The van der Waals surface area contributed by atoms with Crippen LogP contribution in [0.4, 0.5) is 0 Å². The molecule has 1 N–H and O–H groups in total. The van der Waals surface area contributed by atoms with Crippen LogP contribution in [0.5, 0.6) is 5.75 Å². The minimum absolute atomic E-state index is 0.278. The number of aromatic nitrogens is 1. The zero-order valence-electron chi connectivity index (χ0n) is 8.01. The minimum Gasteiger partial charge on any atom is -0.508 e. The standard InChI is InChI=1S/C13H9NO/c15-10-5-6-13-12(7-10)11-4-2-1-3-9(11)8-14-13/h1-8,15H. The Morgan fingerprint density at radius 2 is 1.80 bits per heavy atom. The molecular formula is C13H9NO. The number of hydrogen-bond acceptors (Lipinski definition) is 2. The van der Waals surface area contributed by atoms with Crippen molar-refractivity contribution in [2.75, 3.05) is 0 Å². The van der Waals surface area contributed by atoms with Gasteiger partial charge in [0.25, 0.3) is 0 Å². The average molecular weight is 195 g/mol. The normalized spacial score (nSPS) is 10.9. The van der Waals surface area contributed by atoms with E-state index in [0.717, 1.165) is 21.7 Å². The van der Waals surface area contributed by atoms with Crippen molar-refractivity contribution in [1.82, 2.24) is 4.98 Å². The van der Waals surface area contributed by atoms with Gasteiger partial charge in [0.15, 0.2) is 0 Å². The van der Waals surface area contributed by atoms with E-state index in [9.17, 15) is 5.11 Å². The second-order valence-corrected chi connectivity index (χ2v) is 3.55. The predicted molar refractivity (Wildman–Crippen MR) is 60.9 cm³/mol. The van der Waals surface area contributed by atoms with Gasteiger partial charge in [-0.1, -0.05) is 24.3 Å². The summed E-state index contributed by atoms with van der Waals surface area (Å²) in [5.74, 6) is 0.278. The highest BCUT2D eigenvalue weighted by Crippen LogP contribution is 2.25. The second-order valence-electron chi connectivity index (χ2n) is 3.55. The molecule has 0 amide bonds. The second kappa shape index (κ2) is 2.95. The fourth-order valence-electron chi connectivity index (χ4n) is 1.85. The van der Waals surface area contributed by atoms with Gasteiger partial charge in [0.05, 0.1) is 5.52 Å². The smallest absolute Gasteiger partial charge is 0.116 e. The van der Waals surface area contributed by atoms with Gasteiger partial charge in [-0.25, -0.2) is 0 Å². The highest BCUT2D eigenvalue weighted by molar-refractivity contribution is 6.05. The van der Waals surface area contributed by atoms with Crippen molar-refractivity contribution in [1.29, 1.82) is 0 Å². The van der Waals surface area contributed by atoms with E-state index in [1.165, 1.54) is 0 Å². The van der Waals surface area contributed by atoms with E-state index < -0.39 is 0 Å². The molecule has 0 atom stereocenters. The molecule has 72 valence electrons. The lowest BCUT2D eigenvalue weighted by atomic mass is 10.1. The molecule has 3 aromatic rings. The van der Waals surface area contributed by atoms with Gasteiger partial charge in [-0.05, 0) is 23.6 Å². The lowest BCUT2D eigenvalue weighted by Gasteiger charge is -2.02. The number of hydrogen-bond donors (Lipinski definition) is 1. The summed E-state index contributed by atoms with van der Waals surface area (Å²) < 4.78 is 0. The molecule has 0 aliphatic carbocycles. The fraction of sp³-hybridized carbons (Fsp3) is 0. The van der Waals surface area contributed by atoms with E-state index in [0.29, 0.717) is 0 Å². The van der Waals surface area contributed by atoms with E-state index in [2.05, 4.69) is 4.98 Å². The van der Waals surface area contributed by atoms with Crippen LogP contribution < -0.4 is 0 Å². The van der Waals surface area contributed by atoms with E-state index in [-0.39, 0.29) is 5.75 Å². The lowest BCUT2D eigenvalue weighted by molar-refractivity contribution is 0.476. The fourth-order valence-corrected chi connectivity index (χ4v) is 1.85. The Labute approximate surface area is 86.8 Å². The minimum atomic E-state index is 0.278. The predicted octanol–water partition coefficient (Wildman–Crippen LogP) is 3.09. The largest absolute Gasteiger partial charge is 0.508 e. The summed E-state index contributed by atoms with van der Waals surface area (Å²) in [4.78, 5) is 4.34. The monoisotopic (exact) mass is 195 g/mol. The molecule has 15 heavy (non-hydrogen) atoms. The molecule has 1 aromatic heterocycles. The summed E-state index contributed by atoms with van der Waals surface area (Å²) in [6.07, 6.45) is 1.86. The van der Waals surface area contributed by atoms with Crippen molar-refractivity contribution in [2.24, 2.45) is 0 Å². The molecule has 3 rings (SSSR count). The van der Waals surface area contributed by atoms with E-state index in [4.69, 9.17) is 0 Å². The maximum Gasteiger partial charge on any atom is 0.116 e. The quantitative estimate of drug-likeness (QED) is 0.559. The summed E-state index contributed by atoms with van der Waals surface area (Å²) in [5, 5.41) is 12.7. The molecule has 0 aliphatic rings. The molecule has 2 nitrogen and oxygen atoms in total. The van der Waals surface area contributed by atoms with Crippen LogP contribution in [-0.4, -0.2) is 10.1 Å². The van der Waals surface area contributed by atoms with Gasteiger partial charge in [0.1, 0.15) is 5.75 Å². The lowest BCUT2D eigenvalue weighted by Crippen LogP contribution is -1.81. The highest BCUT2D eigenvalue weighted by atomic mass is 16.3. The Morgan fingerprint density at radius 1 is 0.933 bits per heavy atom. The number of phenols is 1. The summed E-state index contributed by atoms with van der Waals surface area (Å²) in [6, 6.07) is 13.3. The molecule has 0 bridgehead atoms. The van der Waals surface area contributed by atoms with E-state index in [1.807, 2.05) is 36.5 Å². The van der Waals surface area contributed by atoms with Gasteiger partial charge in [-0.3, -0.25) is 4.98 Å². The van der Waals surface area contributed by atoms with Crippen LogP contribution in [0.3, 0.4) is 0 Å². The van der Waals surface area contributed by atoms with E-state index >= 15 is 0 Å². The molecule has 0 saturated carbocycles. The van der Waals surface area contributed by atoms with Crippen LogP contribution in [0.1, 0.15) is 0 Å². The number of fused-ring (bicyclic) bond motifs is 3. The van der Waals surface area contributed by atoms with Crippen molar-refractivity contribution in [3.63, 3.8) is 0 Å². The molecule has 0 fully saturated rings. The first kappa shape index (κ1) is 8.24. The summed E-state index contributed by atoms with van der Waals surface area (Å²) in [6.45, 7) is 0. The van der Waals surface area contributed by atoms with Crippen molar-refractivity contribution < 1.29 is 5.11 Å². The Balaban J connectivity index is 2.57. The van der Waals surface area contributed by atoms with Gasteiger partial charge >= 0.3 is 0 Å². The Kier molecular flexibility index (Phi) is 1.62.